The third-order valence-electron chi connectivity index (χ3n) is 2.94. The Morgan fingerprint density at radius 2 is 1.88 bits per heavy atom. The van der Waals surface area contributed by atoms with Crippen molar-refractivity contribution < 1.29 is 4.74 Å². The van der Waals surface area contributed by atoms with Gasteiger partial charge in [0.2, 0.25) is 0 Å². The number of hydrogen-bond acceptors (Lipinski definition) is 3. The molecular formula is C13H20N2O. The van der Waals surface area contributed by atoms with Crippen LogP contribution in [0.5, 0.6) is 0 Å². The Bertz CT molecular complexity index is 368. The first-order valence-electron chi connectivity index (χ1n) is 5.83. The normalized spacial score (nSPS) is 25.8. The second kappa shape index (κ2) is 4.34. The van der Waals surface area contributed by atoms with Gasteiger partial charge in [-0.25, -0.2) is 0 Å². The molecule has 1 aromatic carbocycles. The Balaban J connectivity index is 2.23. The molecule has 1 saturated heterocycles. The third-order valence-corrected chi connectivity index (χ3v) is 2.94. The third kappa shape index (κ3) is 2.30. The SMILES string of the molecule is Cc1ccc(N2C[C@@H](C)O[C@H](C)C2)c(N)c1. The number of hydrogen-bond donors (Lipinski definition) is 1. The number of rotatable bonds is 1. The van der Waals surface area contributed by atoms with Gasteiger partial charge in [0.1, 0.15) is 0 Å². The van der Waals surface area contributed by atoms with Crippen LogP contribution in [0.2, 0.25) is 0 Å². The smallest absolute Gasteiger partial charge is 0.0726 e. The van der Waals surface area contributed by atoms with Crippen LogP contribution in [0.3, 0.4) is 0 Å². The van der Waals surface area contributed by atoms with Crippen molar-refractivity contribution >= 4 is 11.4 Å². The highest BCUT2D eigenvalue weighted by Crippen LogP contribution is 2.27. The number of morpholine rings is 1. The van der Waals surface area contributed by atoms with E-state index in [1.807, 2.05) is 6.07 Å². The molecule has 88 valence electrons. The summed E-state index contributed by atoms with van der Waals surface area (Å²) in [6.45, 7) is 8.10. The molecule has 0 spiro atoms. The fourth-order valence-electron chi connectivity index (χ4n) is 2.34. The molecule has 0 unspecified atom stereocenters. The summed E-state index contributed by atoms with van der Waals surface area (Å²) < 4.78 is 5.72. The average molecular weight is 220 g/mol. The Morgan fingerprint density at radius 3 is 2.44 bits per heavy atom. The minimum Gasteiger partial charge on any atom is -0.397 e. The highest BCUT2D eigenvalue weighted by Gasteiger charge is 2.23. The lowest BCUT2D eigenvalue weighted by Crippen LogP contribution is -2.45. The molecule has 16 heavy (non-hydrogen) atoms. The quantitative estimate of drug-likeness (QED) is 0.737. The van der Waals surface area contributed by atoms with Crippen LogP contribution in [0.25, 0.3) is 0 Å². The van der Waals surface area contributed by atoms with Crippen molar-refractivity contribution in [2.45, 2.75) is 33.0 Å². The Labute approximate surface area is 97.2 Å². The van der Waals surface area contributed by atoms with Crippen LogP contribution in [-0.2, 0) is 4.74 Å². The van der Waals surface area contributed by atoms with Gasteiger partial charge in [0, 0.05) is 13.1 Å². The zero-order valence-corrected chi connectivity index (χ0v) is 10.2. The summed E-state index contributed by atoms with van der Waals surface area (Å²) in [6, 6.07) is 6.24. The number of ether oxygens (including phenoxy) is 1. The molecule has 1 aliphatic heterocycles. The first-order valence-corrected chi connectivity index (χ1v) is 5.83. The number of nitrogens with two attached hydrogens (primary N) is 1. The fourth-order valence-corrected chi connectivity index (χ4v) is 2.34. The van der Waals surface area contributed by atoms with Crippen molar-refractivity contribution in [3.8, 4) is 0 Å². The maximum Gasteiger partial charge on any atom is 0.0726 e. The summed E-state index contributed by atoms with van der Waals surface area (Å²) in [6.07, 6.45) is 0.536. The molecule has 3 heteroatoms. The predicted molar refractivity (Wildman–Crippen MR) is 67.8 cm³/mol. The molecule has 0 aliphatic carbocycles. The Morgan fingerprint density at radius 1 is 1.25 bits per heavy atom. The van der Waals surface area contributed by atoms with Gasteiger partial charge in [-0.05, 0) is 38.5 Å². The van der Waals surface area contributed by atoms with E-state index in [-0.39, 0.29) is 12.2 Å². The van der Waals surface area contributed by atoms with Gasteiger partial charge < -0.3 is 15.4 Å². The van der Waals surface area contributed by atoms with Gasteiger partial charge in [-0.2, -0.15) is 0 Å². The molecule has 2 rings (SSSR count). The largest absolute Gasteiger partial charge is 0.397 e. The molecular weight excluding hydrogens is 200 g/mol. The van der Waals surface area contributed by atoms with Crippen LogP contribution in [0.1, 0.15) is 19.4 Å². The number of aryl methyl sites for hydroxylation is 1. The Hall–Kier alpha value is -1.22. The molecule has 0 saturated carbocycles. The summed E-state index contributed by atoms with van der Waals surface area (Å²) in [5.74, 6) is 0. The first-order chi connectivity index (χ1) is 7.56. The molecule has 1 heterocycles. The van der Waals surface area contributed by atoms with Crippen molar-refractivity contribution in [3.63, 3.8) is 0 Å². The van der Waals surface area contributed by atoms with Crippen molar-refractivity contribution in [3.05, 3.63) is 23.8 Å². The molecule has 0 amide bonds. The maximum absolute atomic E-state index is 6.06. The predicted octanol–water partition coefficient (Wildman–Crippen LogP) is 2.19. The van der Waals surface area contributed by atoms with Gasteiger partial charge in [-0.15, -0.1) is 0 Å². The summed E-state index contributed by atoms with van der Waals surface area (Å²) in [7, 11) is 0. The molecule has 0 aromatic heterocycles. The standard InChI is InChI=1S/C13H20N2O/c1-9-4-5-13(12(14)6-9)15-7-10(2)16-11(3)8-15/h4-6,10-11H,7-8,14H2,1-3H3/t10-,11-/m1/s1. The number of anilines is 2. The minimum absolute atomic E-state index is 0.268. The van der Waals surface area contributed by atoms with Crippen LogP contribution in [0, 0.1) is 6.92 Å². The van der Waals surface area contributed by atoms with Gasteiger partial charge in [-0.3, -0.25) is 0 Å². The zero-order valence-electron chi connectivity index (χ0n) is 10.2. The molecule has 2 N–H and O–H groups in total. The lowest BCUT2D eigenvalue weighted by molar-refractivity contribution is -0.00517. The molecule has 0 radical (unpaired) electrons. The van der Waals surface area contributed by atoms with Crippen molar-refractivity contribution in [2.24, 2.45) is 0 Å². The van der Waals surface area contributed by atoms with Crippen molar-refractivity contribution in [2.75, 3.05) is 23.7 Å². The van der Waals surface area contributed by atoms with Gasteiger partial charge in [0.15, 0.2) is 0 Å². The van der Waals surface area contributed by atoms with Gasteiger partial charge in [0.25, 0.3) is 0 Å². The molecule has 1 aliphatic rings. The number of benzene rings is 1. The van der Waals surface area contributed by atoms with Crippen LogP contribution in [0.15, 0.2) is 18.2 Å². The number of nitrogen functional groups attached to an aromatic ring is 1. The topological polar surface area (TPSA) is 38.5 Å². The second-order valence-corrected chi connectivity index (χ2v) is 4.72. The lowest BCUT2D eigenvalue weighted by Gasteiger charge is -2.37. The molecule has 3 nitrogen and oxygen atoms in total. The summed E-state index contributed by atoms with van der Waals surface area (Å²) in [5.41, 5.74) is 9.26. The van der Waals surface area contributed by atoms with Gasteiger partial charge in [0.05, 0.1) is 23.6 Å². The second-order valence-electron chi connectivity index (χ2n) is 4.72. The van der Waals surface area contributed by atoms with E-state index in [1.54, 1.807) is 0 Å². The number of nitrogens with zero attached hydrogens (tertiary/aromatic N) is 1. The highest BCUT2D eigenvalue weighted by atomic mass is 16.5. The van der Waals surface area contributed by atoms with Crippen molar-refractivity contribution in [1.82, 2.24) is 0 Å². The summed E-state index contributed by atoms with van der Waals surface area (Å²) in [4.78, 5) is 2.31. The lowest BCUT2D eigenvalue weighted by atomic mass is 10.1. The van der Waals surface area contributed by atoms with Gasteiger partial charge >= 0.3 is 0 Å². The van der Waals surface area contributed by atoms with E-state index in [4.69, 9.17) is 10.5 Å². The molecule has 0 bridgehead atoms. The Kier molecular flexibility index (Phi) is 3.06. The highest BCUT2D eigenvalue weighted by molar-refractivity contribution is 5.68. The average Bonchev–Trinajstić information content (AvgIpc) is 2.15. The van der Waals surface area contributed by atoms with E-state index in [9.17, 15) is 0 Å². The van der Waals surface area contributed by atoms with Crippen LogP contribution < -0.4 is 10.6 Å². The van der Waals surface area contributed by atoms with E-state index in [0.29, 0.717) is 0 Å². The van der Waals surface area contributed by atoms with E-state index in [1.165, 1.54) is 5.56 Å². The van der Waals surface area contributed by atoms with Crippen molar-refractivity contribution in [1.29, 1.82) is 0 Å². The maximum atomic E-state index is 6.06. The van der Waals surface area contributed by atoms with E-state index < -0.39 is 0 Å². The van der Waals surface area contributed by atoms with Crippen LogP contribution in [-0.4, -0.2) is 25.3 Å². The van der Waals surface area contributed by atoms with E-state index in [2.05, 4.69) is 37.8 Å². The monoisotopic (exact) mass is 220 g/mol. The van der Waals surface area contributed by atoms with E-state index >= 15 is 0 Å². The van der Waals surface area contributed by atoms with Crippen LogP contribution in [0.4, 0.5) is 11.4 Å². The molecule has 1 fully saturated rings. The summed E-state index contributed by atoms with van der Waals surface area (Å²) >= 11 is 0. The van der Waals surface area contributed by atoms with Crippen LogP contribution >= 0.6 is 0 Å². The minimum atomic E-state index is 0.268. The zero-order chi connectivity index (χ0) is 11.7. The summed E-state index contributed by atoms with van der Waals surface area (Å²) in [5, 5.41) is 0. The molecule has 2 atom stereocenters. The fraction of sp³-hybridized carbons (Fsp3) is 0.538. The van der Waals surface area contributed by atoms with E-state index in [0.717, 1.165) is 24.5 Å². The molecule has 1 aromatic rings. The van der Waals surface area contributed by atoms with Gasteiger partial charge in [-0.1, -0.05) is 6.07 Å². The first kappa shape index (κ1) is 11.3.